The number of nitrogens with zero attached hydrogens (tertiary/aromatic N) is 3. The minimum atomic E-state index is -0.254. The Morgan fingerprint density at radius 3 is 2.64 bits per heavy atom. The van der Waals surface area contributed by atoms with Gasteiger partial charge in [0.15, 0.2) is 5.58 Å². The molecule has 0 saturated carbocycles. The lowest BCUT2D eigenvalue weighted by Gasteiger charge is -2.10. The number of aryl methyl sites for hydroxylation is 3. The molecule has 4 aromatic rings. The molecule has 0 aliphatic rings. The maximum Gasteiger partial charge on any atom is 0.302 e. The Bertz CT molecular complexity index is 1180. The van der Waals surface area contributed by atoms with Crippen molar-refractivity contribution in [3.8, 4) is 0 Å². The number of rotatable bonds is 4. The number of hydrogen-bond acceptors (Lipinski definition) is 6. The minimum absolute atomic E-state index is 0.254. The zero-order valence-electron chi connectivity index (χ0n) is 15.8. The summed E-state index contributed by atoms with van der Waals surface area (Å²) in [6.45, 7) is 5.69. The molecule has 1 amide bonds. The highest BCUT2D eigenvalue weighted by atomic mass is 16.4. The lowest BCUT2D eigenvalue weighted by atomic mass is 10.2. The molecule has 0 atom stereocenters. The van der Waals surface area contributed by atoms with Gasteiger partial charge in [0.25, 0.3) is 5.91 Å². The molecule has 2 heterocycles. The van der Waals surface area contributed by atoms with E-state index >= 15 is 0 Å². The monoisotopic (exact) mass is 373 g/mol. The van der Waals surface area contributed by atoms with Crippen LogP contribution in [0.1, 0.15) is 27.2 Å². The van der Waals surface area contributed by atoms with Crippen LogP contribution in [-0.4, -0.2) is 20.9 Å². The second kappa shape index (κ2) is 7.11. The smallest absolute Gasteiger partial charge is 0.302 e. The van der Waals surface area contributed by atoms with E-state index in [0.717, 1.165) is 22.3 Å². The van der Waals surface area contributed by atoms with Crippen molar-refractivity contribution in [2.75, 3.05) is 10.6 Å². The van der Waals surface area contributed by atoms with Crippen LogP contribution in [0.3, 0.4) is 0 Å². The molecule has 4 rings (SSSR count). The molecule has 2 N–H and O–H groups in total. The number of fused-ring (bicyclic) bond motifs is 1. The van der Waals surface area contributed by atoms with Crippen molar-refractivity contribution >= 4 is 34.7 Å². The Balaban J connectivity index is 1.53. The van der Waals surface area contributed by atoms with E-state index in [2.05, 4.69) is 25.6 Å². The average molecular weight is 373 g/mol. The molecule has 7 heteroatoms. The Kier molecular flexibility index (Phi) is 4.49. The van der Waals surface area contributed by atoms with Crippen molar-refractivity contribution in [3.05, 3.63) is 71.0 Å². The molecule has 2 aromatic heterocycles. The van der Waals surface area contributed by atoms with Gasteiger partial charge >= 0.3 is 6.01 Å². The Labute approximate surface area is 161 Å². The summed E-state index contributed by atoms with van der Waals surface area (Å²) in [6.07, 6.45) is 1.49. The van der Waals surface area contributed by atoms with Crippen LogP contribution < -0.4 is 10.6 Å². The van der Waals surface area contributed by atoms with Gasteiger partial charge in [0.05, 0.1) is 11.3 Å². The minimum Gasteiger partial charge on any atom is -0.423 e. The zero-order valence-corrected chi connectivity index (χ0v) is 15.8. The largest absolute Gasteiger partial charge is 0.423 e. The van der Waals surface area contributed by atoms with E-state index in [0.29, 0.717) is 28.8 Å². The second-order valence-corrected chi connectivity index (χ2v) is 6.58. The predicted molar refractivity (Wildman–Crippen MR) is 108 cm³/mol. The van der Waals surface area contributed by atoms with Gasteiger partial charge in [-0.25, -0.2) is 9.97 Å². The lowest BCUT2D eigenvalue weighted by molar-refractivity contribution is 0.102. The molecule has 7 nitrogen and oxygen atoms in total. The van der Waals surface area contributed by atoms with Crippen molar-refractivity contribution in [1.82, 2.24) is 15.0 Å². The van der Waals surface area contributed by atoms with E-state index in [9.17, 15) is 4.79 Å². The normalized spacial score (nSPS) is 10.8. The van der Waals surface area contributed by atoms with E-state index in [1.165, 1.54) is 6.20 Å². The average Bonchev–Trinajstić information content (AvgIpc) is 3.05. The summed E-state index contributed by atoms with van der Waals surface area (Å²) in [4.78, 5) is 25.5. The summed E-state index contributed by atoms with van der Waals surface area (Å²) in [6, 6.07) is 13.7. The van der Waals surface area contributed by atoms with Gasteiger partial charge in [0, 0.05) is 11.9 Å². The number of amides is 1. The molecular formula is C21H19N5O2. The fourth-order valence-electron chi connectivity index (χ4n) is 2.84. The number of nitrogens with one attached hydrogen (secondary N) is 2. The predicted octanol–water partition coefficient (Wildman–Crippen LogP) is 4.54. The molecule has 2 aromatic carbocycles. The molecule has 0 spiro atoms. The van der Waals surface area contributed by atoms with Gasteiger partial charge in [-0.05, 0) is 50.1 Å². The second-order valence-electron chi connectivity index (χ2n) is 6.58. The molecule has 0 unspecified atom stereocenters. The number of carbonyl (C=O) groups excluding carboxylic acids is 1. The highest BCUT2D eigenvalue weighted by Crippen LogP contribution is 2.22. The summed E-state index contributed by atoms with van der Waals surface area (Å²) in [5, 5.41) is 5.84. The third-order valence-corrected chi connectivity index (χ3v) is 4.38. The first-order valence-corrected chi connectivity index (χ1v) is 8.84. The maximum absolute atomic E-state index is 12.6. The van der Waals surface area contributed by atoms with Gasteiger partial charge in [-0.2, -0.15) is 4.98 Å². The fourth-order valence-corrected chi connectivity index (χ4v) is 2.84. The van der Waals surface area contributed by atoms with E-state index < -0.39 is 0 Å². The van der Waals surface area contributed by atoms with Gasteiger partial charge < -0.3 is 9.73 Å². The Hall–Kier alpha value is -3.74. The Morgan fingerprint density at radius 1 is 1.04 bits per heavy atom. The molecule has 0 bridgehead atoms. The first kappa shape index (κ1) is 17.7. The van der Waals surface area contributed by atoms with Crippen LogP contribution in [0.4, 0.5) is 17.7 Å². The van der Waals surface area contributed by atoms with E-state index in [1.807, 2.05) is 56.3 Å². The summed E-state index contributed by atoms with van der Waals surface area (Å²) in [7, 11) is 0. The fraction of sp³-hybridized carbons (Fsp3) is 0.143. The third kappa shape index (κ3) is 3.55. The first-order chi connectivity index (χ1) is 13.5. The molecule has 0 fully saturated rings. The number of oxazole rings is 1. The molecule has 0 radical (unpaired) electrons. The molecule has 0 aliphatic heterocycles. The molecule has 0 saturated heterocycles. The van der Waals surface area contributed by atoms with Crippen LogP contribution in [-0.2, 0) is 0 Å². The van der Waals surface area contributed by atoms with Crippen molar-refractivity contribution in [3.63, 3.8) is 0 Å². The van der Waals surface area contributed by atoms with Crippen LogP contribution in [0.25, 0.3) is 11.1 Å². The summed E-state index contributed by atoms with van der Waals surface area (Å²) in [5.41, 5.74) is 5.24. The summed E-state index contributed by atoms with van der Waals surface area (Å²) < 4.78 is 5.66. The molecule has 0 aliphatic carbocycles. The van der Waals surface area contributed by atoms with Gasteiger partial charge in [0.2, 0.25) is 5.95 Å². The van der Waals surface area contributed by atoms with Crippen LogP contribution in [0.5, 0.6) is 0 Å². The van der Waals surface area contributed by atoms with Crippen LogP contribution >= 0.6 is 0 Å². The Morgan fingerprint density at radius 2 is 1.86 bits per heavy atom. The molecular weight excluding hydrogens is 354 g/mol. The lowest BCUT2D eigenvalue weighted by Crippen LogP contribution is -2.16. The van der Waals surface area contributed by atoms with Gasteiger partial charge in [0.1, 0.15) is 5.52 Å². The molecule has 28 heavy (non-hydrogen) atoms. The van der Waals surface area contributed by atoms with Crippen LogP contribution in [0.15, 0.2) is 53.1 Å². The van der Waals surface area contributed by atoms with Gasteiger partial charge in [-0.1, -0.05) is 24.3 Å². The molecule has 140 valence electrons. The van der Waals surface area contributed by atoms with E-state index in [1.54, 1.807) is 6.92 Å². The zero-order chi connectivity index (χ0) is 19.7. The van der Waals surface area contributed by atoms with Gasteiger partial charge in [-0.3, -0.25) is 10.1 Å². The van der Waals surface area contributed by atoms with Crippen LogP contribution in [0.2, 0.25) is 0 Å². The number of hydrogen-bond donors (Lipinski definition) is 2. The van der Waals surface area contributed by atoms with E-state index in [-0.39, 0.29) is 5.91 Å². The summed E-state index contributed by atoms with van der Waals surface area (Å²) >= 11 is 0. The topological polar surface area (TPSA) is 92.9 Å². The third-order valence-electron chi connectivity index (χ3n) is 4.38. The number of carbonyl (C=O) groups is 1. The summed E-state index contributed by atoms with van der Waals surface area (Å²) in [5.74, 6) is 0.0592. The van der Waals surface area contributed by atoms with Gasteiger partial charge in [-0.15, -0.1) is 0 Å². The highest BCUT2D eigenvalue weighted by molar-refractivity contribution is 6.05. The number of anilines is 3. The highest BCUT2D eigenvalue weighted by Gasteiger charge is 2.14. The number of aromatic nitrogens is 3. The van der Waals surface area contributed by atoms with Crippen molar-refractivity contribution < 1.29 is 9.21 Å². The van der Waals surface area contributed by atoms with E-state index in [4.69, 9.17) is 4.42 Å². The van der Waals surface area contributed by atoms with Crippen LogP contribution in [0, 0.1) is 20.8 Å². The SMILES string of the molecule is Cc1ccc2oc(Nc3ncc(C(=O)Nc4ccccc4C)c(C)n3)nc2c1. The maximum atomic E-state index is 12.6. The van der Waals surface area contributed by atoms with Crippen molar-refractivity contribution in [1.29, 1.82) is 0 Å². The standard InChI is InChI=1S/C21H19N5O2/c1-12-8-9-18-17(10-12)25-21(28-18)26-20-22-11-15(14(3)23-20)19(27)24-16-7-5-4-6-13(16)2/h4-11H,1-3H3,(H,24,27)(H,22,23,25,26). The van der Waals surface area contributed by atoms with Crippen molar-refractivity contribution in [2.24, 2.45) is 0 Å². The van der Waals surface area contributed by atoms with Crippen molar-refractivity contribution in [2.45, 2.75) is 20.8 Å². The number of para-hydroxylation sites is 1. The first-order valence-electron chi connectivity index (χ1n) is 8.84. The number of benzene rings is 2. The quantitative estimate of drug-likeness (QED) is 0.545.